The largest absolute Gasteiger partial charge is 0.317 e. The second-order valence-electron chi connectivity index (χ2n) is 3.91. The maximum Gasteiger partial charge on any atom is -0.000985 e. The summed E-state index contributed by atoms with van der Waals surface area (Å²) in [6.45, 7) is 2.53. The van der Waals surface area contributed by atoms with Gasteiger partial charge in [-0.3, -0.25) is 0 Å². The highest BCUT2D eigenvalue weighted by molar-refractivity contribution is 7.99. The summed E-state index contributed by atoms with van der Waals surface area (Å²) in [5.41, 5.74) is 0.758. The van der Waals surface area contributed by atoms with Crippen LogP contribution in [0.15, 0.2) is 0 Å². The first kappa shape index (κ1) is 10.7. The predicted octanol–water partition coefficient (Wildman–Crippen LogP) is 2.31. The van der Waals surface area contributed by atoms with Gasteiger partial charge in [-0.05, 0) is 55.7 Å². The average Bonchev–Trinajstić information content (AvgIpc) is 2.07. The van der Waals surface area contributed by atoms with Crippen LogP contribution in [0.2, 0.25) is 0 Å². The first-order valence-electron chi connectivity index (χ1n) is 4.70. The zero-order valence-corrected chi connectivity index (χ0v) is 9.11. The molecule has 2 aliphatic heterocycles. The van der Waals surface area contributed by atoms with E-state index in [-0.39, 0.29) is 12.4 Å². The summed E-state index contributed by atoms with van der Waals surface area (Å²) >= 11 is 2.17. The van der Waals surface area contributed by atoms with Gasteiger partial charge < -0.3 is 5.32 Å². The van der Waals surface area contributed by atoms with E-state index in [1.807, 2.05) is 0 Å². The van der Waals surface area contributed by atoms with E-state index in [9.17, 15) is 0 Å². The van der Waals surface area contributed by atoms with Gasteiger partial charge in [-0.2, -0.15) is 11.8 Å². The fraction of sp³-hybridized carbons (Fsp3) is 1.00. The highest BCUT2D eigenvalue weighted by atomic mass is 35.5. The molecule has 12 heavy (non-hydrogen) atoms. The quantitative estimate of drug-likeness (QED) is 0.655. The van der Waals surface area contributed by atoms with Crippen molar-refractivity contribution in [1.29, 1.82) is 0 Å². The molecular formula is C9H18ClNS. The minimum Gasteiger partial charge on any atom is -0.317 e. The van der Waals surface area contributed by atoms with E-state index >= 15 is 0 Å². The second-order valence-corrected chi connectivity index (χ2v) is 5.01. The molecule has 2 rings (SSSR count). The van der Waals surface area contributed by atoms with Crippen molar-refractivity contribution in [2.45, 2.75) is 25.7 Å². The Bertz CT molecular complexity index is 109. The molecule has 2 saturated heterocycles. The van der Waals surface area contributed by atoms with Crippen molar-refractivity contribution in [3.8, 4) is 0 Å². The first-order valence-corrected chi connectivity index (χ1v) is 5.85. The van der Waals surface area contributed by atoms with Crippen LogP contribution in [0.3, 0.4) is 0 Å². The highest BCUT2D eigenvalue weighted by Crippen LogP contribution is 2.41. The van der Waals surface area contributed by atoms with Gasteiger partial charge in [0, 0.05) is 0 Å². The molecule has 2 heterocycles. The van der Waals surface area contributed by atoms with E-state index in [2.05, 4.69) is 17.1 Å². The molecule has 1 N–H and O–H groups in total. The Morgan fingerprint density at radius 1 is 1.08 bits per heavy atom. The van der Waals surface area contributed by atoms with Gasteiger partial charge >= 0.3 is 0 Å². The fourth-order valence-corrected chi connectivity index (χ4v) is 3.62. The molecule has 0 amide bonds. The Morgan fingerprint density at radius 2 is 1.83 bits per heavy atom. The number of thioether (sulfide) groups is 1. The minimum absolute atomic E-state index is 0. The van der Waals surface area contributed by atoms with E-state index in [0.717, 1.165) is 5.41 Å². The molecule has 0 bridgehead atoms. The van der Waals surface area contributed by atoms with Crippen LogP contribution >= 0.6 is 24.2 Å². The van der Waals surface area contributed by atoms with E-state index < -0.39 is 0 Å². The Morgan fingerprint density at radius 3 is 2.42 bits per heavy atom. The second kappa shape index (κ2) is 4.73. The van der Waals surface area contributed by atoms with Crippen LogP contribution in [0, 0.1) is 5.41 Å². The molecule has 0 aromatic heterocycles. The van der Waals surface area contributed by atoms with Crippen LogP contribution in [-0.4, -0.2) is 24.6 Å². The smallest absolute Gasteiger partial charge is 0.000985 e. The zero-order chi connectivity index (χ0) is 7.57. The lowest BCUT2D eigenvalue weighted by Crippen LogP contribution is -2.39. The van der Waals surface area contributed by atoms with Crippen molar-refractivity contribution in [1.82, 2.24) is 5.32 Å². The lowest BCUT2D eigenvalue weighted by Gasteiger charge is -2.40. The summed E-state index contributed by atoms with van der Waals surface area (Å²) in [4.78, 5) is 0. The SMILES string of the molecule is C1CSCC2(C1)CCNCC2.Cl. The van der Waals surface area contributed by atoms with Gasteiger partial charge in [0.2, 0.25) is 0 Å². The average molecular weight is 208 g/mol. The molecule has 0 saturated carbocycles. The van der Waals surface area contributed by atoms with Gasteiger partial charge in [0.25, 0.3) is 0 Å². The molecular weight excluding hydrogens is 190 g/mol. The summed E-state index contributed by atoms with van der Waals surface area (Å²) in [5, 5.41) is 3.45. The standard InChI is InChI=1S/C9H17NS.ClH/c1-2-9(8-11-7-1)3-5-10-6-4-9;/h10H,1-8H2;1H. The summed E-state index contributed by atoms with van der Waals surface area (Å²) in [5.74, 6) is 2.85. The maximum absolute atomic E-state index is 3.45. The van der Waals surface area contributed by atoms with Crippen molar-refractivity contribution in [2.24, 2.45) is 5.41 Å². The van der Waals surface area contributed by atoms with Crippen LogP contribution in [0.4, 0.5) is 0 Å². The summed E-state index contributed by atoms with van der Waals surface area (Å²) in [6, 6.07) is 0. The van der Waals surface area contributed by atoms with Crippen LogP contribution in [0.1, 0.15) is 25.7 Å². The van der Waals surface area contributed by atoms with Crippen molar-refractivity contribution in [3.63, 3.8) is 0 Å². The van der Waals surface area contributed by atoms with Crippen molar-refractivity contribution in [2.75, 3.05) is 24.6 Å². The lowest BCUT2D eigenvalue weighted by atomic mass is 9.77. The fourth-order valence-electron chi connectivity index (χ4n) is 2.26. The normalized spacial score (nSPS) is 28.0. The molecule has 0 radical (unpaired) electrons. The van der Waals surface area contributed by atoms with Crippen molar-refractivity contribution in [3.05, 3.63) is 0 Å². The molecule has 0 aromatic carbocycles. The first-order chi connectivity index (χ1) is 5.41. The number of nitrogens with one attached hydrogen (secondary N) is 1. The molecule has 3 heteroatoms. The predicted molar refractivity (Wildman–Crippen MR) is 58.3 cm³/mol. The molecule has 0 aliphatic carbocycles. The third-order valence-electron chi connectivity index (χ3n) is 3.07. The molecule has 1 spiro atoms. The molecule has 72 valence electrons. The third-order valence-corrected chi connectivity index (χ3v) is 4.46. The Labute approximate surface area is 85.5 Å². The van der Waals surface area contributed by atoms with Gasteiger partial charge in [-0.25, -0.2) is 0 Å². The van der Waals surface area contributed by atoms with E-state index in [1.54, 1.807) is 0 Å². The van der Waals surface area contributed by atoms with Crippen LogP contribution in [0.5, 0.6) is 0 Å². The number of hydrogen-bond donors (Lipinski definition) is 1. The number of piperidine rings is 1. The van der Waals surface area contributed by atoms with E-state index in [4.69, 9.17) is 0 Å². The monoisotopic (exact) mass is 207 g/mol. The molecule has 0 atom stereocenters. The molecule has 2 fully saturated rings. The number of hydrogen-bond acceptors (Lipinski definition) is 2. The highest BCUT2D eigenvalue weighted by Gasteiger charge is 2.33. The topological polar surface area (TPSA) is 12.0 Å². The Hall–Kier alpha value is 0.600. The molecule has 1 nitrogen and oxygen atoms in total. The van der Waals surface area contributed by atoms with Crippen LogP contribution in [0.25, 0.3) is 0 Å². The van der Waals surface area contributed by atoms with Gasteiger partial charge in [0.15, 0.2) is 0 Å². The van der Waals surface area contributed by atoms with Gasteiger partial charge in [0.1, 0.15) is 0 Å². The minimum atomic E-state index is 0. The summed E-state index contributed by atoms with van der Waals surface area (Å²) in [6.07, 6.45) is 5.83. The van der Waals surface area contributed by atoms with Gasteiger partial charge in [-0.15, -0.1) is 12.4 Å². The Kier molecular flexibility index (Phi) is 4.21. The van der Waals surface area contributed by atoms with Crippen molar-refractivity contribution >= 4 is 24.2 Å². The maximum atomic E-state index is 3.45. The lowest BCUT2D eigenvalue weighted by molar-refractivity contribution is 0.212. The van der Waals surface area contributed by atoms with Crippen LogP contribution < -0.4 is 5.32 Å². The summed E-state index contributed by atoms with van der Waals surface area (Å²) in [7, 11) is 0. The van der Waals surface area contributed by atoms with Gasteiger partial charge in [0.05, 0.1) is 0 Å². The van der Waals surface area contributed by atoms with Crippen molar-refractivity contribution < 1.29 is 0 Å². The molecule has 0 aromatic rings. The number of halogens is 1. The van der Waals surface area contributed by atoms with Crippen LogP contribution in [-0.2, 0) is 0 Å². The number of rotatable bonds is 0. The third kappa shape index (κ3) is 2.30. The zero-order valence-electron chi connectivity index (χ0n) is 7.47. The molecule has 2 aliphatic rings. The summed E-state index contributed by atoms with van der Waals surface area (Å²) < 4.78 is 0. The van der Waals surface area contributed by atoms with Gasteiger partial charge in [-0.1, -0.05) is 0 Å². The van der Waals surface area contributed by atoms with E-state index in [0.29, 0.717) is 0 Å². The molecule has 0 unspecified atom stereocenters. The Balaban J connectivity index is 0.000000720. The van der Waals surface area contributed by atoms with E-state index in [1.165, 1.54) is 50.3 Å².